The Bertz CT molecular complexity index is 1270. The molecule has 0 spiro atoms. The van der Waals surface area contributed by atoms with Gasteiger partial charge in [-0.05, 0) is 41.8 Å². The fourth-order valence-corrected chi connectivity index (χ4v) is 3.95. The van der Waals surface area contributed by atoms with E-state index < -0.39 is 0 Å². The number of allylic oxidation sites excluding steroid dienone is 1. The topological polar surface area (TPSA) is 50.8 Å². The number of aromatic nitrogens is 2. The van der Waals surface area contributed by atoms with Crippen molar-refractivity contribution in [2.75, 3.05) is 0 Å². The van der Waals surface area contributed by atoms with E-state index in [1.807, 2.05) is 54.1 Å². The summed E-state index contributed by atoms with van der Waals surface area (Å²) in [7, 11) is 0. The molecule has 1 aliphatic heterocycles. The monoisotopic (exact) mass is 377 g/mol. The Hall–Kier alpha value is -3.84. The van der Waals surface area contributed by atoms with E-state index in [2.05, 4.69) is 41.6 Å². The maximum Gasteiger partial charge on any atom is 0.127 e. The van der Waals surface area contributed by atoms with Gasteiger partial charge >= 0.3 is 0 Å². The van der Waals surface area contributed by atoms with E-state index in [0.29, 0.717) is 18.7 Å². The van der Waals surface area contributed by atoms with Gasteiger partial charge in [-0.2, -0.15) is 10.4 Å². The molecule has 2 heterocycles. The van der Waals surface area contributed by atoms with Crippen molar-refractivity contribution in [2.45, 2.75) is 20.1 Å². The highest BCUT2D eigenvalue weighted by molar-refractivity contribution is 5.88. The Labute approximate surface area is 169 Å². The SMILES string of the molecule is C/C(C#N)=C1/c2ccc(Cn3cc4ccccc4n3)cc2COc2ccccc21. The first kappa shape index (κ1) is 17.3. The molecule has 0 atom stereocenters. The van der Waals surface area contributed by atoms with Gasteiger partial charge in [0, 0.05) is 28.3 Å². The lowest BCUT2D eigenvalue weighted by atomic mass is 9.90. The first-order valence-corrected chi connectivity index (χ1v) is 9.60. The molecule has 4 heteroatoms. The number of hydrogen-bond donors (Lipinski definition) is 0. The summed E-state index contributed by atoms with van der Waals surface area (Å²) in [4.78, 5) is 0. The van der Waals surface area contributed by atoms with Crippen molar-refractivity contribution in [3.63, 3.8) is 0 Å². The Morgan fingerprint density at radius 1 is 1.07 bits per heavy atom. The molecule has 0 saturated heterocycles. The van der Waals surface area contributed by atoms with Crippen LogP contribution in [0.5, 0.6) is 5.75 Å². The van der Waals surface area contributed by atoms with Crippen LogP contribution in [0, 0.1) is 11.3 Å². The van der Waals surface area contributed by atoms with Gasteiger partial charge < -0.3 is 4.74 Å². The predicted molar refractivity (Wildman–Crippen MR) is 113 cm³/mol. The van der Waals surface area contributed by atoms with Crippen LogP contribution in [0.1, 0.15) is 29.2 Å². The summed E-state index contributed by atoms with van der Waals surface area (Å²) < 4.78 is 8.06. The highest BCUT2D eigenvalue weighted by Crippen LogP contribution is 2.38. The maximum absolute atomic E-state index is 9.59. The molecule has 1 aliphatic rings. The molecule has 3 aromatic carbocycles. The predicted octanol–water partition coefficient (Wildman–Crippen LogP) is 5.32. The average molecular weight is 377 g/mol. The number of benzene rings is 3. The third-order valence-electron chi connectivity index (χ3n) is 5.33. The van der Waals surface area contributed by atoms with Crippen LogP contribution in [-0.4, -0.2) is 9.78 Å². The summed E-state index contributed by atoms with van der Waals surface area (Å²) >= 11 is 0. The van der Waals surface area contributed by atoms with Crippen molar-refractivity contribution in [3.8, 4) is 11.8 Å². The van der Waals surface area contributed by atoms with Gasteiger partial charge in [0.2, 0.25) is 0 Å². The fourth-order valence-electron chi connectivity index (χ4n) is 3.95. The van der Waals surface area contributed by atoms with Crippen molar-refractivity contribution in [1.82, 2.24) is 9.78 Å². The molecule has 4 nitrogen and oxygen atoms in total. The lowest BCUT2D eigenvalue weighted by Gasteiger charge is -2.12. The largest absolute Gasteiger partial charge is 0.488 e. The highest BCUT2D eigenvalue weighted by Gasteiger charge is 2.21. The highest BCUT2D eigenvalue weighted by atomic mass is 16.5. The average Bonchev–Trinajstić information content (AvgIpc) is 3.08. The van der Waals surface area contributed by atoms with Gasteiger partial charge in [-0.3, -0.25) is 4.68 Å². The van der Waals surface area contributed by atoms with Crippen LogP contribution < -0.4 is 4.74 Å². The van der Waals surface area contributed by atoms with Crippen LogP contribution >= 0.6 is 0 Å². The number of nitrogens with zero attached hydrogens (tertiary/aromatic N) is 3. The van der Waals surface area contributed by atoms with Gasteiger partial charge in [0.05, 0.1) is 18.1 Å². The molecule has 29 heavy (non-hydrogen) atoms. The Kier molecular flexibility index (Phi) is 4.14. The second kappa shape index (κ2) is 6.96. The molecule has 0 unspecified atom stereocenters. The molecular formula is C25H19N3O. The molecule has 0 amide bonds. The van der Waals surface area contributed by atoms with E-state index in [-0.39, 0.29) is 0 Å². The van der Waals surface area contributed by atoms with Crippen LogP contribution in [-0.2, 0) is 13.2 Å². The first-order chi connectivity index (χ1) is 14.2. The van der Waals surface area contributed by atoms with E-state index in [1.165, 1.54) is 0 Å². The zero-order valence-electron chi connectivity index (χ0n) is 16.1. The molecule has 0 fully saturated rings. The number of rotatable bonds is 2. The van der Waals surface area contributed by atoms with E-state index >= 15 is 0 Å². The Morgan fingerprint density at radius 2 is 1.90 bits per heavy atom. The third kappa shape index (κ3) is 3.07. The maximum atomic E-state index is 9.59. The minimum atomic E-state index is 0.476. The summed E-state index contributed by atoms with van der Waals surface area (Å²) in [5, 5.41) is 15.4. The van der Waals surface area contributed by atoms with Gasteiger partial charge in [0.25, 0.3) is 0 Å². The number of fused-ring (bicyclic) bond motifs is 3. The third-order valence-corrected chi connectivity index (χ3v) is 5.33. The van der Waals surface area contributed by atoms with Gasteiger partial charge in [-0.15, -0.1) is 0 Å². The molecule has 1 aromatic heterocycles. The van der Waals surface area contributed by atoms with Crippen molar-refractivity contribution in [2.24, 2.45) is 0 Å². The van der Waals surface area contributed by atoms with Crippen LogP contribution in [0.3, 0.4) is 0 Å². The van der Waals surface area contributed by atoms with Gasteiger partial charge in [0.1, 0.15) is 12.4 Å². The zero-order valence-corrected chi connectivity index (χ0v) is 16.1. The van der Waals surface area contributed by atoms with Crippen molar-refractivity contribution in [3.05, 3.63) is 101 Å². The van der Waals surface area contributed by atoms with Crippen LogP contribution in [0.25, 0.3) is 16.5 Å². The van der Waals surface area contributed by atoms with Crippen LogP contribution in [0.15, 0.2) is 78.5 Å². The van der Waals surface area contributed by atoms with Crippen molar-refractivity contribution < 1.29 is 4.74 Å². The molecule has 140 valence electrons. The number of ether oxygens (including phenoxy) is 1. The smallest absolute Gasteiger partial charge is 0.127 e. The molecule has 0 N–H and O–H groups in total. The molecule has 0 bridgehead atoms. The van der Waals surface area contributed by atoms with Gasteiger partial charge in [0.15, 0.2) is 0 Å². The molecule has 0 aliphatic carbocycles. The van der Waals surface area contributed by atoms with Crippen molar-refractivity contribution in [1.29, 1.82) is 5.26 Å². The Balaban J connectivity index is 1.57. The van der Waals surface area contributed by atoms with E-state index in [4.69, 9.17) is 4.74 Å². The standard InChI is InChI=1S/C25H19N3O/c1-17(13-26)25-21-11-10-18(14-28-15-19-6-2-4-8-23(19)27-28)12-20(21)16-29-24-9-5-3-7-22(24)25/h2-12,15H,14,16H2,1H3/b25-17+. The molecule has 5 rings (SSSR count). The van der Waals surface area contributed by atoms with E-state index in [9.17, 15) is 5.26 Å². The second-order valence-electron chi connectivity index (χ2n) is 7.27. The van der Waals surface area contributed by atoms with E-state index in [0.717, 1.165) is 44.5 Å². The first-order valence-electron chi connectivity index (χ1n) is 9.60. The lowest BCUT2D eigenvalue weighted by Crippen LogP contribution is -2.03. The number of para-hydroxylation sites is 1. The summed E-state index contributed by atoms with van der Waals surface area (Å²) in [5.41, 5.74) is 6.90. The summed E-state index contributed by atoms with van der Waals surface area (Å²) in [5.74, 6) is 0.813. The van der Waals surface area contributed by atoms with Gasteiger partial charge in [-0.25, -0.2) is 0 Å². The molecular weight excluding hydrogens is 358 g/mol. The van der Waals surface area contributed by atoms with E-state index in [1.54, 1.807) is 0 Å². The van der Waals surface area contributed by atoms with Crippen molar-refractivity contribution >= 4 is 16.5 Å². The quantitative estimate of drug-likeness (QED) is 0.444. The number of nitriles is 1. The molecule has 0 radical (unpaired) electrons. The Morgan fingerprint density at radius 3 is 2.76 bits per heavy atom. The zero-order chi connectivity index (χ0) is 19.8. The second-order valence-corrected chi connectivity index (χ2v) is 7.27. The summed E-state index contributed by atoms with van der Waals surface area (Å²) in [6.45, 7) is 3.03. The minimum Gasteiger partial charge on any atom is -0.488 e. The molecule has 0 saturated carbocycles. The minimum absolute atomic E-state index is 0.476. The lowest BCUT2D eigenvalue weighted by molar-refractivity contribution is 0.307. The molecule has 4 aromatic rings. The number of hydrogen-bond acceptors (Lipinski definition) is 3. The summed E-state index contributed by atoms with van der Waals surface area (Å²) in [6.07, 6.45) is 2.07. The summed E-state index contributed by atoms with van der Waals surface area (Å²) in [6, 6.07) is 24.8. The van der Waals surface area contributed by atoms with Crippen LogP contribution in [0.2, 0.25) is 0 Å². The van der Waals surface area contributed by atoms with Gasteiger partial charge in [-0.1, -0.05) is 48.5 Å². The van der Waals surface area contributed by atoms with Crippen LogP contribution in [0.4, 0.5) is 0 Å². The normalized spacial score (nSPS) is 14.3. The fraction of sp³-hybridized carbons (Fsp3) is 0.120.